The zero-order valence-corrected chi connectivity index (χ0v) is 15.9. The average molecular weight is 315 g/mol. The molecule has 0 aliphatic carbocycles. The molecule has 0 radical (unpaired) electrons. The minimum atomic E-state index is 1.21. The smallest absolute Gasteiger partial charge is 0.0227 e. The monoisotopic (exact) mass is 314 g/mol. The van der Waals surface area contributed by atoms with E-state index in [0.717, 1.165) is 0 Å². The lowest BCUT2D eigenvalue weighted by atomic mass is 9.90. The molecule has 0 N–H and O–H groups in total. The van der Waals surface area contributed by atoms with Crippen LogP contribution in [0.15, 0.2) is 18.7 Å². The van der Waals surface area contributed by atoms with Crippen molar-refractivity contribution in [2.75, 3.05) is 0 Å². The summed E-state index contributed by atoms with van der Waals surface area (Å²) in [6.45, 7) is 10.9. The van der Waals surface area contributed by atoms with Crippen molar-refractivity contribution in [2.45, 2.75) is 97.8 Å². The van der Waals surface area contributed by atoms with Gasteiger partial charge in [-0.3, -0.25) is 0 Å². The molecule has 0 aliphatic rings. The van der Waals surface area contributed by atoms with Crippen molar-refractivity contribution in [3.63, 3.8) is 0 Å². The van der Waals surface area contributed by atoms with E-state index in [1.165, 1.54) is 88.2 Å². The molecule has 0 saturated carbocycles. The number of rotatable bonds is 13. The van der Waals surface area contributed by atoms with Crippen LogP contribution >= 0.6 is 0 Å². The maximum absolute atomic E-state index is 4.06. The fraction of sp³-hybridized carbons (Fsp3) is 0.652. The Bertz CT molecular complexity index is 442. The highest BCUT2D eigenvalue weighted by Gasteiger charge is 2.08. The first-order valence-electron chi connectivity index (χ1n) is 10.0. The number of aryl methyl sites for hydroxylation is 3. The van der Waals surface area contributed by atoms with Crippen molar-refractivity contribution < 1.29 is 0 Å². The van der Waals surface area contributed by atoms with Gasteiger partial charge >= 0.3 is 0 Å². The summed E-state index contributed by atoms with van der Waals surface area (Å²) in [4.78, 5) is 0. The van der Waals surface area contributed by atoms with E-state index >= 15 is 0 Å². The SMILES string of the molecule is C=Cc1cc(CCCCC)c(CCCCC)cc1CCCCC. The highest BCUT2D eigenvalue weighted by Crippen LogP contribution is 2.24. The third kappa shape index (κ3) is 7.38. The quantitative estimate of drug-likeness (QED) is 0.330. The first kappa shape index (κ1) is 20.0. The number of hydrogen-bond acceptors (Lipinski definition) is 0. The lowest BCUT2D eigenvalue weighted by Crippen LogP contribution is -2.01. The molecule has 0 atom stereocenters. The van der Waals surface area contributed by atoms with E-state index in [0.29, 0.717) is 0 Å². The molecular formula is C23H38. The second-order valence-corrected chi connectivity index (χ2v) is 6.90. The van der Waals surface area contributed by atoms with Crippen LogP contribution in [-0.2, 0) is 19.3 Å². The Morgan fingerprint density at radius 3 is 1.52 bits per heavy atom. The fourth-order valence-corrected chi connectivity index (χ4v) is 3.33. The summed E-state index contributed by atoms with van der Waals surface area (Å²) >= 11 is 0. The van der Waals surface area contributed by atoms with E-state index in [4.69, 9.17) is 0 Å². The van der Waals surface area contributed by atoms with Crippen LogP contribution in [0, 0.1) is 0 Å². The predicted octanol–water partition coefficient (Wildman–Crippen LogP) is 7.53. The zero-order chi connectivity index (χ0) is 16.9. The molecule has 1 aromatic carbocycles. The molecule has 0 fully saturated rings. The maximum Gasteiger partial charge on any atom is -0.0227 e. The van der Waals surface area contributed by atoms with Crippen molar-refractivity contribution in [1.29, 1.82) is 0 Å². The lowest BCUT2D eigenvalue weighted by Gasteiger charge is -2.15. The van der Waals surface area contributed by atoms with Crippen LogP contribution in [0.2, 0.25) is 0 Å². The maximum atomic E-state index is 4.06. The second kappa shape index (κ2) is 12.4. The predicted molar refractivity (Wildman–Crippen MR) is 106 cm³/mol. The third-order valence-electron chi connectivity index (χ3n) is 4.83. The van der Waals surface area contributed by atoms with Gasteiger partial charge < -0.3 is 0 Å². The second-order valence-electron chi connectivity index (χ2n) is 6.90. The van der Waals surface area contributed by atoms with Crippen LogP contribution in [-0.4, -0.2) is 0 Å². The lowest BCUT2D eigenvalue weighted by molar-refractivity contribution is 0.689. The van der Waals surface area contributed by atoms with E-state index in [1.54, 1.807) is 11.1 Å². The first-order chi connectivity index (χ1) is 11.3. The molecule has 1 aromatic rings. The van der Waals surface area contributed by atoms with E-state index < -0.39 is 0 Å². The molecule has 0 aliphatic heterocycles. The Morgan fingerprint density at radius 1 is 0.652 bits per heavy atom. The Kier molecular flexibility index (Phi) is 10.8. The van der Waals surface area contributed by atoms with Gasteiger partial charge in [-0.05, 0) is 60.8 Å². The number of unbranched alkanes of at least 4 members (excludes halogenated alkanes) is 6. The van der Waals surface area contributed by atoms with E-state index in [-0.39, 0.29) is 0 Å². The Morgan fingerprint density at radius 2 is 1.09 bits per heavy atom. The van der Waals surface area contributed by atoms with Gasteiger partial charge in [0.05, 0.1) is 0 Å². The summed E-state index contributed by atoms with van der Waals surface area (Å²) in [5.74, 6) is 0. The Balaban J connectivity index is 2.92. The first-order valence-corrected chi connectivity index (χ1v) is 10.0. The van der Waals surface area contributed by atoms with Gasteiger partial charge in [0.15, 0.2) is 0 Å². The summed E-state index contributed by atoms with van der Waals surface area (Å²) in [5, 5.41) is 0. The largest absolute Gasteiger partial charge is 0.0985 e. The van der Waals surface area contributed by atoms with Gasteiger partial charge in [0.2, 0.25) is 0 Å². The Labute approximate surface area is 145 Å². The average Bonchev–Trinajstić information content (AvgIpc) is 2.57. The van der Waals surface area contributed by atoms with Crippen molar-refractivity contribution >= 4 is 6.08 Å². The topological polar surface area (TPSA) is 0 Å². The van der Waals surface area contributed by atoms with Crippen LogP contribution in [0.1, 0.15) is 101 Å². The summed E-state index contributed by atoms with van der Waals surface area (Å²) in [5.41, 5.74) is 6.11. The molecular weight excluding hydrogens is 276 g/mol. The van der Waals surface area contributed by atoms with Crippen molar-refractivity contribution in [2.24, 2.45) is 0 Å². The molecule has 0 aromatic heterocycles. The number of benzene rings is 1. The van der Waals surface area contributed by atoms with Crippen LogP contribution in [0.3, 0.4) is 0 Å². The van der Waals surface area contributed by atoms with E-state index in [9.17, 15) is 0 Å². The standard InChI is InChI=1S/C23H38/c1-5-9-12-15-21-19-23(17-14-11-7-3)22(16-13-10-6-2)18-20(21)8-4/h8,18-19H,4-7,9-17H2,1-3H3. The van der Waals surface area contributed by atoms with Crippen molar-refractivity contribution in [1.82, 2.24) is 0 Å². The summed E-state index contributed by atoms with van der Waals surface area (Å²) in [7, 11) is 0. The molecule has 1 rings (SSSR count). The van der Waals surface area contributed by atoms with E-state index in [2.05, 4.69) is 45.6 Å². The molecule has 0 heteroatoms. The molecule has 23 heavy (non-hydrogen) atoms. The molecule has 0 nitrogen and oxygen atoms in total. The molecule has 0 unspecified atom stereocenters. The van der Waals surface area contributed by atoms with Crippen LogP contribution in [0.5, 0.6) is 0 Å². The third-order valence-corrected chi connectivity index (χ3v) is 4.83. The molecule has 0 bridgehead atoms. The highest BCUT2D eigenvalue weighted by atomic mass is 14.1. The zero-order valence-electron chi connectivity index (χ0n) is 15.9. The molecule has 130 valence electrons. The highest BCUT2D eigenvalue weighted by molar-refractivity contribution is 5.55. The van der Waals surface area contributed by atoms with Gasteiger partial charge in [-0.25, -0.2) is 0 Å². The molecule has 0 saturated heterocycles. The van der Waals surface area contributed by atoms with Crippen LogP contribution in [0.25, 0.3) is 6.08 Å². The minimum Gasteiger partial charge on any atom is -0.0985 e. The Hall–Kier alpha value is -1.04. The van der Waals surface area contributed by atoms with Gasteiger partial charge in [-0.2, -0.15) is 0 Å². The minimum absolute atomic E-state index is 1.21. The molecule has 0 heterocycles. The van der Waals surface area contributed by atoms with Gasteiger partial charge in [-0.1, -0.05) is 84.1 Å². The van der Waals surface area contributed by atoms with Crippen LogP contribution in [0.4, 0.5) is 0 Å². The van der Waals surface area contributed by atoms with Crippen molar-refractivity contribution in [3.8, 4) is 0 Å². The molecule has 0 spiro atoms. The van der Waals surface area contributed by atoms with Gasteiger partial charge in [0.25, 0.3) is 0 Å². The number of hydrogen-bond donors (Lipinski definition) is 0. The van der Waals surface area contributed by atoms with E-state index in [1.807, 2.05) is 0 Å². The van der Waals surface area contributed by atoms with Gasteiger partial charge in [-0.15, -0.1) is 0 Å². The van der Waals surface area contributed by atoms with Gasteiger partial charge in [0, 0.05) is 0 Å². The normalized spacial score (nSPS) is 10.9. The molecule has 0 amide bonds. The van der Waals surface area contributed by atoms with Gasteiger partial charge in [0.1, 0.15) is 0 Å². The fourth-order valence-electron chi connectivity index (χ4n) is 3.33. The van der Waals surface area contributed by atoms with Crippen LogP contribution < -0.4 is 0 Å². The summed E-state index contributed by atoms with van der Waals surface area (Å²) < 4.78 is 0. The summed E-state index contributed by atoms with van der Waals surface area (Å²) in [6.07, 6.45) is 17.7. The summed E-state index contributed by atoms with van der Waals surface area (Å²) in [6, 6.07) is 4.97. The van der Waals surface area contributed by atoms with Crippen molar-refractivity contribution in [3.05, 3.63) is 41.0 Å².